The van der Waals surface area contributed by atoms with Crippen molar-refractivity contribution in [1.82, 2.24) is 9.88 Å². The van der Waals surface area contributed by atoms with Crippen LogP contribution in [0.15, 0.2) is 9.72 Å². The summed E-state index contributed by atoms with van der Waals surface area (Å²) in [6, 6.07) is 0. The van der Waals surface area contributed by atoms with E-state index >= 15 is 0 Å². The summed E-state index contributed by atoms with van der Waals surface area (Å²) in [5.74, 6) is -0.370. The van der Waals surface area contributed by atoms with Crippen molar-refractivity contribution in [2.24, 2.45) is 11.7 Å². The van der Waals surface area contributed by atoms with E-state index < -0.39 is 0 Å². The lowest BCUT2D eigenvalue weighted by Gasteiger charge is -2.30. The molecule has 0 radical (unpaired) electrons. The van der Waals surface area contributed by atoms with Crippen molar-refractivity contribution in [1.29, 1.82) is 0 Å². The van der Waals surface area contributed by atoms with Crippen molar-refractivity contribution in [3.8, 4) is 0 Å². The number of primary amides is 1. The van der Waals surface area contributed by atoms with E-state index in [9.17, 15) is 14.4 Å². The van der Waals surface area contributed by atoms with Crippen LogP contribution in [0.5, 0.6) is 0 Å². The Hall–Kier alpha value is -1.61. The van der Waals surface area contributed by atoms with Gasteiger partial charge in [0, 0.05) is 24.4 Å². The first-order valence-corrected chi connectivity index (χ1v) is 9.66. The molecule has 1 aliphatic heterocycles. The first-order chi connectivity index (χ1) is 11.5. The van der Waals surface area contributed by atoms with E-state index in [1.807, 2.05) is 5.38 Å². The number of likely N-dealkylation sites (tertiary alicyclic amines) is 1. The van der Waals surface area contributed by atoms with Gasteiger partial charge in [-0.15, -0.1) is 11.3 Å². The second-order valence-electron chi connectivity index (χ2n) is 5.43. The summed E-state index contributed by atoms with van der Waals surface area (Å²) >= 11 is 2.78. The van der Waals surface area contributed by atoms with Gasteiger partial charge in [0.1, 0.15) is 0 Å². The number of nitrogens with zero attached hydrogens (tertiary/aromatic N) is 2. The zero-order valence-corrected chi connectivity index (χ0v) is 15.2. The van der Waals surface area contributed by atoms with E-state index in [1.165, 1.54) is 23.1 Å². The van der Waals surface area contributed by atoms with Crippen LogP contribution < -0.4 is 5.73 Å². The zero-order valence-electron chi connectivity index (χ0n) is 13.5. The van der Waals surface area contributed by atoms with Gasteiger partial charge in [0.05, 0.1) is 24.5 Å². The van der Waals surface area contributed by atoms with Crippen LogP contribution in [-0.4, -0.2) is 53.1 Å². The van der Waals surface area contributed by atoms with Gasteiger partial charge >= 0.3 is 5.97 Å². The van der Waals surface area contributed by atoms with Crippen LogP contribution in [0.25, 0.3) is 0 Å². The molecule has 0 aliphatic carbocycles. The third-order valence-corrected chi connectivity index (χ3v) is 5.79. The van der Waals surface area contributed by atoms with Gasteiger partial charge < -0.3 is 15.4 Å². The van der Waals surface area contributed by atoms with Crippen LogP contribution in [0.4, 0.5) is 0 Å². The van der Waals surface area contributed by atoms with Crippen LogP contribution in [0.2, 0.25) is 0 Å². The SMILES string of the molecule is CCOC(=O)Cc1csc(SCC(=O)N2CCC(C(N)=O)CC2)n1. The van der Waals surface area contributed by atoms with E-state index in [-0.39, 0.29) is 30.1 Å². The Kier molecular flexibility index (Phi) is 7.04. The van der Waals surface area contributed by atoms with E-state index in [0.29, 0.717) is 44.0 Å². The molecule has 2 amide bonds. The predicted octanol–water partition coefficient (Wildman–Crippen LogP) is 1.06. The highest BCUT2D eigenvalue weighted by atomic mass is 32.2. The van der Waals surface area contributed by atoms with Gasteiger partial charge in [-0.25, -0.2) is 4.98 Å². The molecule has 24 heavy (non-hydrogen) atoms. The summed E-state index contributed by atoms with van der Waals surface area (Å²) < 4.78 is 5.64. The lowest BCUT2D eigenvalue weighted by molar-refractivity contribution is -0.142. The van der Waals surface area contributed by atoms with Gasteiger partial charge in [0.25, 0.3) is 0 Å². The minimum absolute atomic E-state index is 0.0325. The summed E-state index contributed by atoms with van der Waals surface area (Å²) in [7, 11) is 0. The maximum Gasteiger partial charge on any atom is 0.311 e. The molecule has 0 saturated carbocycles. The number of aromatic nitrogens is 1. The standard InChI is InChI=1S/C15H21N3O4S2/c1-2-22-13(20)7-11-8-23-15(17-11)24-9-12(19)18-5-3-10(4-6-18)14(16)21/h8,10H,2-7,9H2,1H3,(H2,16,21). The second kappa shape index (κ2) is 9.03. The number of hydrogen-bond acceptors (Lipinski definition) is 7. The number of rotatable bonds is 7. The topological polar surface area (TPSA) is 103 Å². The van der Waals surface area contributed by atoms with E-state index in [1.54, 1.807) is 11.8 Å². The number of piperidine rings is 1. The lowest BCUT2D eigenvalue weighted by Crippen LogP contribution is -2.42. The molecular weight excluding hydrogens is 350 g/mol. The molecule has 1 aromatic heterocycles. The fourth-order valence-corrected chi connectivity index (χ4v) is 4.17. The number of esters is 1. The number of hydrogen-bond donors (Lipinski definition) is 1. The van der Waals surface area contributed by atoms with Gasteiger partial charge in [0.15, 0.2) is 4.34 Å². The Labute approximate surface area is 148 Å². The fourth-order valence-electron chi connectivity index (χ4n) is 2.42. The molecule has 0 bridgehead atoms. The molecule has 0 atom stereocenters. The minimum atomic E-state index is -0.298. The molecule has 0 aromatic carbocycles. The molecule has 7 nitrogen and oxygen atoms in total. The van der Waals surface area contributed by atoms with Gasteiger partial charge in [0.2, 0.25) is 11.8 Å². The molecule has 1 saturated heterocycles. The Morgan fingerprint density at radius 3 is 2.75 bits per heavy atom. The molecule has 2 N–H and O–H groups in total. The summed E-state index contributed by atoms with van der Waals surface area (Å²) in [6.45, 7) is 3.25. The Morgan fingerprint density at radius 2 is 2.12 bits per heavy atom. The first kappa shape index (κ1) is 18.7. The normalized spacial score (nSPS) is 15.3. The molecule has 2 heterocycles. The van der Waals surface area contributed by atoms with Gasteiger partial charge in [-0.2, -0.15) is 0 Å². The monoisotopic (exact) mass is 371 g/mol. The Bertz CT molecular complexity index is 597. The summed E-state index contributed by atoms with van der Waals surface area (Å²) in [6.07, 6.45) is 1.42. The highest BCUT2D eigenvalue weighted by Gasteiger charge is 2.25. The molecule has 1 aliphatic rings. The summed E-state index contributed by atoms with van der Waals surface area (Å²) in [5.41, 5.74) is 5.96. The number of nitrogens with two attached hydrogens (primary N) is 1. The largest absolute Gasteiger partial charge is 0.466 e. The van der Waals surface area contributed by atoms with E-state index in [4.69, 9.17) is 10.5 Å². The number of ether oxygens (including phenoxy) is 1. The molecule has 0 spiro atoms. The van der Waals surface area contributed by atoms with E-state index in [2.05, 4.69) is 4.98 Å². The molecule has 1 aromatic rings. The van der Waals surface area contributed by atoms with Crippen molar-refractivity contribution in [2.75, 3.05) is 25.4 Å². The lowest BCUT2D eigenvalue weighted by atomic mass is 9.96. The van der Waals surface area contributed by atoms with Crippen LogP contribution in [-0.2, 0) is 25.5 Å². The second-order valence-corrected chi connectivity index (χ2v) is 7.51. The van der Waals surface area contributed by atoms with Crippen molar-refractivity contribution >= 4 is 40.9 Å². The molecule has 2 rings (SSSR count). The van der Waals surface area contributed by atoms with Crippen molar-refractivity contribution in [3.63, 3.8) is 0 Å². The number of amides is 2. The highest BCUT2D eigenvalue weighted by Crippen LogP contribution is 2.24. The quantitative estimate of drug-likeness (QED) is 0.568. The van der Waals surface area contributed by atoms with Gasteiger partial charge in [-0.05, 0) is 19.8 Å². The molecule has 1 fully saturated rings. The van der Waals surface area contributed by atoms with Gasteiger partial charge in [-0.3, -0.25) is 14.4 Å². The number of carbonyl (C=O) groups excluding carboxylic acids is 3. The summed E-state index contributed by atoms with van der Waals surface area (Å²) in [5, 5.41) is 1.81. The first-order valence-electron chi connectivity index (χ1n) is 7.79. The van der Waals surface area contributed by atoms with Gasteiger partial charge in [-0.1, -0.05) is 11.8 Å². The summed E-state index contributed by atoms with van der Waals surface area (Å²) in [4.78, 5) is 40.9. The predicted molar refractivity (Wildman–Crippen MR) is 91.7 cm³/mol. The molecular formula is C15H21N3O4S2. The maximum absolute atomic E-state index is 12.2. The minimum Gasteiger partial charge on any atom is -0.466 e. The molecule has 9 heteroatoms. The van der Waals surface area contributed by atoms with Crippen LogP contribution in [0.1, 0.15) is 25.5 Å². The Balaban J connectivity index is 1.75. The number of carbonyl (C=O) groups is 3. The number of thiazole rings is 1. The zero-order chi connectivity index (χ0) is 17.5. The van der Waals surface area contributed by atoms with E-state index in [0.717, 1.165) is 4.34 Å². The average Bonchev–Trinajstić information content (AvgIpc) is 3.00. The smallest absolute Gasteiger partial charge is 0.311 e. The maximum atomic E-state index is 12.2. The number of thioether (sulfide) groups is 1. The molecule has 0 unspecified atom stereocenters. The average molecular weight is 371 g/mol. The van der Waals surface area contributed by atoms with Crippen LogP contribution >= 0.6 is 23.1 Å². The molecule has 132 valence electrons. The fraction of sp³-hybridized carbons (Fsp3) is 0.600. The Morgan fingerprint density at radius 1 is 1.42 bits per heavy atom. The van der Waals surface area contributed by atoms with Crippen LogP contribution in [0, 0.1) is 5.92 Å². The highest BCUT2D eigenvalue weighted by molar-refractivity contribution is 8.01. The van der Waals surface area contributed by atoms with Crippen molar-refractivity contribution in [3.05, 3.63) is 11.1 Å². The van der Waals surface area contributed by atoms with Crippen LogP contribution in [0.3, 0.4) is 0 Å². The third kappa shape index (κ3) is 5.48. The third-order valence-electron chi connectivity index (χ3n) is 3.73. The van der Waals surface area contributed by atoms with Crippen molar-refractivity contribution in [2.45, 2.75) is 30.5 Å². The van der Waals surface area contributed by atoms with Crippen molar-refractivity contribution < 1.29 is 19.1 Å².